The average molecular weight is 532 g/mol. The molecule has 3 N–H and O–H groups in total. The van der Waals surface area contributed by atoms with Crippen molar-refractivity contribution in [3.8, 4) is 5.75 Å². The van der Waals surface area contributed by atoms with E-state index in [1.54, 1.807) is 30.3 Å². The van der Waals surface area contributed by atoms with Gasteiger partial charge in [-0.05, 0) is 93.6 Å². The molecule has 0 spiro atoms. The number of alkyl carbamates (subject to hydrolysis) is 1. The molecule has 8 nitrogen and oxygen atoms in total. The Hall–Kier alpha value is -4.07. The van der Waals surface area contributed by atoms with Crippen molar-refractivity contribution in [1.29, 1.82) is 0 Å². The Labute approximate surface area is 229 Å². The second-order valence-corrected chi connectivity index (χ2v) is 10.8. The molecule has 0 bridgehead atoms. The van der Waals surface area contributed by atoms with E-state index in [2.05, 4.69) is 16.0 Å². The van der Waals surface area contributed by atoms with Crippen LogP contribution in [0.3, 0.4) is 0 Å². The number of benzene rings is 3. The van der Waals surface area contributed by atoms with Crippen molar-refractivity contribution in [3.63, 3.8) is 0 Å². The lowest BCUT2D eigenvalue weighted by Gasteiger charge is -2.30. The topological polar surface area (TPSA) is 106 Å². The minimum Gasteiger partial charge on any atom is -0.490 e. The van der Waals surface area contributed by atoms with Crippen LogP contribution in [0.2, 0.25) is 0 Å². The van der Waals surface area contributed by atoms with Crippen molar-refractivity contribution >= 4 is 28.7 Å². The summed E-state index contributed by atoms with van der Waals surface area (Å²) in [5.74, 6) is 0.319. The van der Waals surface area contributed by atoms with Crippen LogP contribution in [-0.4, -0.2) is 48.7 Å². The molecule has 3 aromatic rings. The monoisotopic (exact) mass is 531 g/mol. The van der Waals surface area contributed by atoms with Gasteiger partial charge in [-0.25, -0.2) is 4.79 Å². The Bertz CT molecular complexity index is 1290. The van der Waals surface area contributed by atoms with E-state index in [1.807, 2.05) is 57.2 Å². The predicted molar refractivity (Wildman–Crippen MR) is 151 cm³/mol. The van der Waals surface area contributed by atoms with E-state index in [-0.39, 0.29) is 30.1 Å². The Kier molecular flexibility index (Phi) is 9.07. The van der Waals surface area contributed by atoms with Crippen molar-refractivity contribution in [2.75, 3.05) is 13.1 Å². The first-order chi connectivity index (χ1) is 18.7. The lowest BCUT2D eigenvalue weighted by Crippen LogP contribution is -2.42. The summed E-state index contributed by atoms with van der Waals surface area (Å²) in [6, 6.07) is 20.6. The first-order valence-corrected chi connectivity index (χ1v) is 13.5. The molecule has 1 aliphatic carbocycles. The fourth-order valence-electron chi connectivity index (χ4n) is 4.56. The fourth-order valence-corrected chi connectivity index (χ4v) is 4.56. The van der Waals surface area contributed by atoms with E-state index in [4.69, 9.17) is 9.47 Å². The number of fused-ring (bicyclic) bond motifs is 1. The maximum atomic E-state index is 12.5. The molecule has 1 aliphatic rings. The third-order valence-corrected chi connectivity index (χ3v) is 6.52. The van der Waals surface area contributed by atoms with Gasteiger partial charge < -0.3 is 25.4 Å². The van der Waals surface area contributed by atoms with Crippen LogP contribution in [0.1, 0.15) is 67.2 Å². The summed E-state index contributed by atoms with van der Waals surface area (Å²) >= 11 is 0. The molecule has 0 aliphatic heterocycles. The normalized spacial score (nSPS) is 17.2. The molecule has 1 saturated carbocycles. The Morgan fingerprint density at radius 2 is 1.36 bits per heavy atom. The summed E-state index contributed by atoms with van der Waals surface area (Å²) in [7, 11) is 0. The van der Waals surface area contributed by atoms with Crippen LogP contribution in [0, 0.1) is 0 Å². The smallest absolute Gasteiger partial charge is 0.407 e. The number of nitrogens with one attached hydrogen (secondary N) is 3. The van der Waals surface area contributed by atoms with Gasteiger partial charge in [-0.3, -0.25) is 9.59 Å². The third kappa shape index (κ3) is 8.46. The molecule has 0 unspecified atom stereocenters. The molecule has 0 radical (unpaired) electrons. The summed E-state index contributed by atoms with van der Waals surface area (Å²) < 4.78 is 11.4. The molecule has 3 aromatic carbocycles. The second-order valence-electron chi connectivity index (χ2n) is 10.8. The first-order valence-electron chi connectivity index (χ1n) is 13.5. The molecule has 0 saturated heterocycles. The van der Waals surface area contributed by atoms with E-state index in [1.165, 1.54) is 0 Å². The maximum absolute atomic E-state index is 12.5. The van der Waals surface area contributed by atoms with Gasteiger partial charge in [0.1, 0.15) is 11.4 Å². The highest BCUT2D eigenvalue weighted by molar-refractivity contribution is 5.98. The molecule has 0 aromatic heterocycles. The number of carbonyl (C=O) groups is 3. The molecule has 3 amide bonds. The van der Waals surface area contributed by atoms with Gasteiger partial charge in [-0.2, -0.15) is 0 Å². The molecule has 0 atom stereocenters. The summed E-state index contributed by atoms with van der Waals surface area (Å²) in [5.41, 5.74) is 0.596. The maximum Gasteiger partial charge on any atom is 0.407 e. The van der Waals surface area contributed by atoms with Crippen molar-refractivity contribution in [2.45, 2.75) is 64.2 Å². The minimum atomic E-state index is -0.512. The molecular formula is C31H37N3O5. The van der Waals surface area contributed by atoms with Crippen LogP contribution >= 0.6 is 0 Å². The quantitative estimate of drug-likeness (QED) is 0.346. The molecule has 206 valence electrons. The number of hydrogen-bond acceptors (Lipinski definition) is 5. The van der Waals surface area contributed by atoms with Crippen molar-refractivity contribution in [1.82, 2.24) is 16.0 Å². The van der Waals surface area contributed by atoms with E-state index in [0.29, 0.717) is 30.0 Å². The zero-order valence-corrected chi connectivity index (χ0v) is 22.8. The van der Waals surface area contributed by atoms with Gasteiger partial charge >= 0.3 is 6.09 Å². The highest BCUT2D eigenvalue weighted by Gasteiger charge is 2.25. The van der Waals surface area contributed by atoms with E-state index in [9.17, 15) is 14.4 Å². The summed E-state index contributed by atoms with van der Waals surface area (Å²) in [6.45, 7) is 6.18. The number of ether oxygens (including phenoxy) is 2. The fraction of sp³-hybridized carbons (Fsp3) is 0.387. The molecular weight excluding hydrogens is 494 g/mol. The van der Waals surface area contributed by atoms with Gasteiger partial charge in [0.2, 0.25) is 0 Å². The van der Waals surface area contributed by atoms with Crippen LogP contribution in [0.25, 0.3) is 10.8 Å². The Balaban J connectivity index is 1.15. The van der Waals surface area contributed by atoms with Crippen LogP contribution in [0.4, 0.5) is 4.79 Å². The van der Waals surface area contributed by atoms with Gasteiger partial charge in [0.05, 0.1) is 6.10 Å². The first kappa shape index (κ1) is 28.0. The highest BCUT2D eigenvalue weighted by Crippen LogP contribution is 2.24. The van der Waals surface area contributed by atoms with E-state index >= 15 is 0 Å². The highest BCUT2D eigenvalue weighted by atomic mass is 16.6. The molecule has 39 heavy (non-hydrogen) atoms. The second kappa shape index (κ2) is 12.7. The summed E-state index contributed by atoms with van der Waals surface area (Å²) in [4.78, 5) is 36.9. The number of hydrogen-bond donors (Lipinski definition) is 3. The largest absolute Gasteiger partial charge is 0.490 e. The molecule has 4 rings (SSSR count). The van der Waals surface area contributed by atoms with Crippen LogP contribution in [-0.2, 0) is 4.74 Å². The zero-order valence-electron chi connectivity index (χ0n) is 22.8. The van der Waals surface area contributed by atoms with Gasteiger partial charge in [-0.1, -0.05) is 30.3 Å². The van der Waals surface area contributed by atoms with Crippen molar-refractivity contribution in [2.24, 2.45) is 0 Å². The van der Waals surface area contributed by atoms with Crippen LogP contribution < -0.4 is 20.7 Å². The summed E-state index contributed by atoms with van der Waals surface area (Å²) in [5, 5.41) is 10.7. The number of carbonyl (C=O) groups excluding carboxylic acids is 3. The predicted octanol–water partition coefficient (Wildman–Crippen LogP) is 5.21. The van der Waals surface area contributed by atoms with Crippen LogP contribution in [0.5, 0.6) is 5.75 Å². The zero-order chi connectivity index (χ0) is 27.8. The van der Waals surface area contributed by atoms with E-state index < -0.39 is 5.60 Å². The minimum absolute atomic E-state index is 0.0626. The van der Waals surface area contributed by atoms with Crippen LogP contribution in [0.15, 0.2) is 66.7 Å². The van der Waals surface area contributed by atoms with Gasteiger partial charge in [-0.15, -0.1) is 0 Å². The number of rotatable bonds is 8. The third-order valence-electron chi connectivity index (χ3n) is 6.52. The average Bonchev–Trinajstić information content (AvgIpc) is 2.91. The van der Waals surface area contributed by atoms with Gasteiger partial charge in [0.15, 0.2) is 0 Å². The van der Waals surface area contributed by atoms with Crippen molar-refractivity contribution in [3.05, 3.63) is 77.9 Å². The summed E-state index contributed by atoms with van der Waals surface area (Å²) in [6.07, 6.45) is 2.98. The lowest BCUT2D eigenvalue weighted by atomic mass is 9.93. The number of amides is 3. The van der Waals surface area contributed by atoms with Gasteiger partial charge in [0.25, 0.3) is 11.8 Å². The SMILES string of the molecule is CC(C)(C)OC(=O)NC1CCC(Oc2ccc(C(=O)NCCNC(=O)c3ccc4ccccc4c3)cc2)CC1. The van der Waals surface area contributed by atoms with E-state index in [0.717, 1.165) is 36.5 Å². The molecule has 8 heteroatoms. The van der Waals surface area contributed by atoms with Gasteiger partial charge in [0, 0.05) is 30.3 Å². The van der Waals surface area contributed by atoms with Crippen molar-refractivity contribution < 1.29 is 23.9 Å². The Morgan fingerprint density at radius 3 is 2.00 bits per heavy atom. The standard InChI is InChI=1S/C31H37N3O5/c1-31(2,3)39-30(37)34-25-12-16-27(17-13-25)38-26-14-10-22(11-15-26)28(35)32-18-19-33-29(36)24-9-8-21-6-4-5-7-23(21)20-24/h4-11,14-15,20,25,27H,12-13,16-19H2,1-3H3,(H,32,35)(H,33,36)(H,34,37). The molecule has 1 fully saturated rings. The molecule has 0 heterocycles. The lowest BCUT2D eigenvalue weighted by molar-refractivity contribution is 0.0470. The Morgan fingerprint density at radius 1 is 0.769 bits per heavy atom.